The molecule has 3 atom stereocenters. The van der Waals surface area contributed by atoms with Crippen LogP contribution in [0.25, 0.3) is 0 Å². The van der Waals surface area contributed by atoms with E-state index in [9.17, 15) is 4.79 Å². The summed E-state index contributed by atoms with van der Waals surface area (Å²) in [4.78, 5) is 12.5. The summed E-state index contributed by atoms with van der Waals surface area (Å²) in [6, 6.07) is 6.23. The highest BCUT2D eigenvalue weighted by Gasteiger charge is 2.53. The first-order valence-corrected chi connectivity index (χ1v) is 7.70. The van der Waals surface area contributed by atoms with Gasteiger partial charge in [0, 0.05) is 11.6 Å². The Morgan fingerprint density at radius 3 is 2.40 bits per heavy atom. The molecule has 0 saturated heterocycles. The van der Waals surface area contributed by atoms with Crippen LogP contribution in [0.3, 0.4) is 0 Å². The molecule has 1 saturated carbocycles. The molecule has 0 bridgehead atoms. The van der Waals surface area contributed by atoms with Crippen molar-refractivity contribution in [3.63, 3.8) is 0 Å². The summed E-state index contributed by atoms with van der Waals surface area (Å²) in [6.07, 6.45) is 9.16. The quantitative estimate of drug-likeness (QED) is 0.800. The summed E-state index contributed by atoms with van der Waals surface area (Å²) in [5.74, 6) is 1.71. The van der Waals surface area contributed by atoms with E-state index in [1.54, 1.807) is 0 Å². The first kappa shape index (κ1) is 13.4. The van der Waals surface area contributed by atoms with Gasteiger partial charge >= 0.3 is 0 Å². The van der Waals surface area contributed by atoms with E-state index in [0.717, 1.165) is 24.1 Å². The van der Waals surface area contributed by atoms with E-state index < -0.39 is 0 Å². The summed E-state index contributed by atoms with van der Waals surface area (Å²) in [5, 5.41) is 3.15. The Labute approximate surface area is 121 Å². The molecule has 3 rings (SSSR count). The highest BCUT2D eigenvalue weighted by atomic mass is 16.2. The molecule has 1 N–H and O–H groups in total. The molecule has 0 spiro atoms. The summed E-state index contributed by atoms with van der Waals surface area (Å²) < 4.78 is 0. The lowest BCUT2D eigenvalue weighted by molar-refractivity contribution is -0.117. The number of anilines is 1. The van der Waals surface area contributed by atoms with Gasteiger partial charge in [-0.1, -0.05) is 24.3 Å². The molecule has 2 nitrogen and oxygen atoms in total. The molecular formula is C18H23NO. The Bertz CT molecular complexity index is 530. The first-order chi connectivity index (χ1) is 9.66. The van der Waals surface area contributed by atoms with Gasteiger partial charge in [-0.15, -0.1) is 0 Å². The molecule has 0 aromatic heterocycles. The molecule has 1 amide bonds. The summed E-state index contributed by atoms with van der Waals surface area (Å²) in [6.45, 7) is 4.11. The number of rotatable bonds is 2. The van der Waals surface area contributed by atoms with Crippen LogP contribution in [0.2, 0.25) is 0 Å². The van der Waals surface area contributed by atoms with Crippen molar-refractivity contribution in [2.75, 3.05) is 5.32 Å². The minimum absolute atomic E-state index is 0.232. The number of carbonyl (C=O) groups excluding carboxylic acids is 1. The lowest BCUT2D eigenvalue weighted by Crippen LogP contribution is -2.16. The van der Waals surface area contributed by atoms with Gasteiger partial charge in [-0.3, -0.25) is 4.79 Å². The minimum atomic E-state index is 0.232. The second-order valence-corrected chi connectivity index (χ2v) is 6.29. The number of amides is 1. The maximum Gasteiger partial charge on any atom is 0.228 e. The van der Waals surface area contributed by atoms with Crippen molar-refractivity contribution in [3.05, 3.63) is 41.5 Å². The van der Waals surface area contributed by atoms with Gasteiger partial charge in [-0.05, 0) is 68.6 Å². The Morgan fingerprint density at radius 2 is 1.75 bits per heavy atom. The van der Waals surface area contributed by atoms with Gasteiger partial charge in [0.2, 0.25) is 5.91 Å². The van der Waals surface area contributed by atoms with Crippen molar-refractivity contribution < 1.29 is 4.79 Å². The molecule has 106 valence electrons. The summed E-state index contributed by atoms with van der Waals surface area (Å²) >= 11 is 0. The molecular weight excluding hydrogens is 246 g/mol. The third-order valence-corrected chi connectivity index (χ3v) is 4.79. The fourth-order valence-electron chi connectivity index (χ4n) is 3.52. The Morgan fingerprint density at radius 1 is 1.10 bits per heavy atom. The van der Waals surface area contributed by atoms with Crippen LogP contribution in [0.5, 0.6) is 0 Å². The lowest BCUT2D eigenvalue weighted by Gasteiger charge is -2.09. The van der Waals surface area contributed by atoms with Crippen molar-refractivity contribution in [2.24, 2.45) is 17.8 Å². The predicted molar refractivity (Wildman–Crippen MR) is 82.6 cm³/mol. The van der Waals surface area contributed by atoms with Crippen LogP contribution < -0.4 is 5.32 Å². The number of carbonyl (C=O) groups is 1. The number of benzene rings is 1. The van der Waals surface area contributed by atoms with Gasteiger partial charge in [0.05, 0.1) is 0 Å². The van der Waals surface area contributed by atoms with Crippen molar-refractivity contribution in [2.45, 2.75) is 39.5 Å². The zero-order chi connectivity index (χ0) is 14.1. The zero-order valence-corrected chi connectivity index (χ0v) is 12.4. The van der Waals surface area contributed by atoms with Crippen LogP contribution in [0.4, 0.5) is 5.69 Å². The smallest absolute Gasteiger partial charge is 0.228 e. The lowest BCUT2D eigenvalue weighted by atomic mass is 10.1. The topological polar surface area (TPSA) is 29.1 Å². The minimum Gasteiger partial charge on any atom is -0.326 e. The van der Waals surface area contributed by atoms with E-state index in [1.807, 2.05) is 0 Å². The number of nitrogens with one attached hydrogen (secondary N) is 1. The van der Waals surface area contributed by atoms with Crippen LogP contribution >= 0.6 is 0 Å². The number of allylic oxidation sites excluding steroid dienone is 2. The predicted octanol–water partition coefficient (Wildman–Crippen LogP) is 4.23. The van der Waals surface area contributed by atoms with Gasteiger partial charge in [0.1, 0.15) is 0 Å². The molecule has 1 aromatic carbocycles. The number of aryl methyl sites for hydroxylation is 2. The summed E-state index contributed by atoms with van der Waals surface area (Å²) in [7, 11) is 0. The maximum absolute atomic E-state index is 12.5. The molecule has 2 aliphatic carbocycles. The van der Waals surface area contributed by atoms with Crippen molar-refractivity contribution in [3.8, 4) is 0 Å². The van der Waals surface area contributed by atoms with Gasteiger partial charge in [0.15, 0.2) is 0 Å². The van der Waals surface area contributed by atoms with Crippen molar-refractivity contribution in [1.29, 1.82) is 0 Å². The molecule has 0 heterocycles. The fraction of sp³-hybridized carbons (Fsp3) is 0.500. The molecule has 2 heteroatoms. The summed E-state index contributed by atoms with van der Waals surface area (Å²) in [5.41, 5.74) is 3.31. The van der Waals surface area contributed by atoms with Crippen LogP contribution in [0.1, 0.15) is 36.8 Å². The Balaban J connectivity index is 1.67. The average molecular weight is 269 g/mol. The SMILES string of the molecule is Cc1ccc(C)c(NC(=O)C2[C@H]3CCC=CCC[C@@H]23)c1. The highest BCUT2D eigenvalue weighted by Crippen LogP contribution is 2.53. The molecule has 1 unspecified atom stereocenters. The first-order valence-electron chi connectivity index (χ1n) is 7.70. The standard InChI is InChI=1S/C18H23NO/c1-12-9-10-13(2)16(11-12)19-18(20)17-14-7-5-3-4-6-8-15(14)17/h3-4,9-11,14-15,17H,5-8H2,1-2H3,(H,19,20)/t14-,15+,17?. The molecule has 2 aliphatic rings. The third kappa shape index (κ3) is 2.65. The maximum atomic E-state index is 12.5. The van der Waals surface area contributed by atoms with Gasteiger partial charge in [-0.2, -0.15) is 0 Å². The van der Waals surface area contributed by atoms with E-state index >= 15 is 0 Å². The van der Waals surface area contributed by atoms with Crippen molar-refractivity contribution >= 4 is 11.6 Å². The van der Waals surface area contributed by atoms with Gasteiger partial charge in [0.25, 0.3) is 0 Å². The molecule has 0 radical (unpaired) electrons. The zero-order valence-electron chi connectivity index (χ0n) is 12.4. The van der Waals surface area contributed by atoms with E-state index in [4.69, 9.17) is 0 Å². The largest absolute Gasteiger partial charge is 0.326 e. The monoisotopic (exact) mass is 269 g/mol. The average Bonchev–Trinajstić information content (AvgIpc) is 3.05. The Hall–Kier alpha value is -1.57. The van der Waals surface area contributed by atoms with E-state index in [0.29, 0.717) is 11.8 Å². The van der Waals surface area contributed by atoms with Crippen LogP contribution in [0.15, 0.2) is 30.4 Å². The third-order valence-electron chi connectivity index (χ3n) is 4.79. The van der Waals surface area contributed by atoms with Crippen LogP contribution in [0, 0.1) is 31.6 Å². The number of fused-ring (bicyclic) bond motifs is 1. The fourth-order valence-corrected chi connectivity index (χ4v) is 3.52. The van der Waals surface area contributed by atoms with Crippen LogP contribution in [-0.4, -0.2) is 5.91 Å². The number of hydrogen-bond acceptors (Lipinski definition) is 1. The molecule has 0 aliphatic heterocycles. The van der Waals surface area contributed by atoms with Gasteiger partial charge < -0.3 is 5.32 Å². The Kier molecular flexibility index (Phi) is 3.64. The second kappa shape index (κ2) is 5.43. The molecule has 1 aromatic rings. The van der Waals surface area contributed by atoms with Gasteiger partial charge in [-0.25, -0.2) is 0 Å². The molecule has 20 heavy (non-hydrogen) atoms. The van der Waals surface area contributed by atoms with E-state index in [1.165, 1.54) is 18.4 Å². The van der Waals surface area contributed by atoms with Crippen molar-refractivity contribution in [1.82, 2.24) is 0 Å². The highest BCUT2D eigenvalue weighted by molar-refractivity contribution is 5.95. The van der Waals surface area contributed by atoms with Crippen LogP contribution in [-0.2, 0) is 4.79 Å². The van der Waals surface area contributed by atoms with E-state index in [2.05, 4.69) is 49.5 Å². The molecule has 1 fully saturated rings. The van der Waals surface area contributed by atoms with E-state index in [-0.39, 0.29) is 11.8 Å². The second-order valence-electron chi connectivity index (χ2n) is 6.29. The normalized spacial score (nSPS) is 28.2. The number of hydrogen-bond donors (Lipinski definition) is 1.